The quantitative estimate of drug-likeness (QED) is 0.781. The van der Waals surface area contributed by atoms with Gasteiger partial charge in [0, 0.05) is 31.2 Å². The molecule has 0 aliphatic carbocycles. The van der Waals surface area contributed by atoms with Gasteiger partial charge in [-0.05, 0) is 37.5 Å². The van der Waals surface area contributed by atoms with E-state index in [4.69, 9.17) is 0 Å². The summed E-state index contributed by atoms with van der Waals surface area (Å²) in [4.78, 5) is 16.0. The van der Waals surface area contributed by atoms with Crippen molar-refractivity contribution >= 4 is 21.6 Å². The SMILES string of the molecule is CCCS(=O)(=O)[C@H](C)C(=O)Nc1ccn(CCc2ccncc2)n1. The Labute approximate surface area is 142 Å². The number of hydrogen-bond acceptors (Lipinski definition) is 5. The third-order valence-corrected chi connectivity index (χ3v) is 5.94. The summed E-state index contributed by atoms with van der Waals surface area (Å²) in [6.45, 7) is 3.83. The van der Waals surface area contributed by atoms with Crippen molar-refractivity contribution in [3.63, 3.8) is 0 Å². The topological polar surface area (TPSA) is 94.0 Å². The van der Waals surface area contributed by atoms with E-state index in [1.807, 2.05) is 12.1 Å². The van der Waals surface area contributed by atoms with Crippen molar-refractivity contribution in [3.05, 3.63) is 42.4 Å². The number of hydrogen-bond donors (Lipinski definition) is 1. The molecule has 0 fully saturated rings. The van der Waals surface area contributed by atoms with Crippen LogP contribution in [0.5, 0.6) is 0 Å². The Kier molecular flexibility index (Phi) is 6.08. The lowest BCUT2D eigenvalue weighted by Gasteiger charge is -2.11. The average molecular weight is 350 g/mol. The van der Waals surface area contributed by atoms with Crippen LogP contribution in [0.1, 0.15) is 25.8 Å². The van der Waals surface area contributed by atoms with E-state index in [-0.39, 0.29) is 5.75 Å². The molecule has 0 unspecified atom stereocenters. The van der Waals surface area contributed by atoms with Crippen LogP contribution in [-0.2, 0) is 27.6 Å². The summed E-state index contributed by atoms with van der Waals surface area (Å²) in [5.41, 5.74) is 1.14. The maximum absolute atomic E-state index is 12.1. The summed E-state index contributed by atoms with van der Waals surface area (Å²) in [5.74, 6) is -0.196. The van der Waals surface area contributed by atoms with Gasteiger partial charge in [0.1, 0.15) is 5.25 Å². The monoisotopic (exact) mass is 350 g/mol. The lowest BCUT2D eigenvalue weighted by atomic mass is 10.2. The molecule has 2 heterocycles. The Hall–Kier alpha value is -2.22. The van der Waals surface area contributed by atoms with Crippen LogP contribution in [0.15, 0.2) is 36.8 Å². The Balaban J connectivity index is 1.92. The molecule has 1 N–H and O–H groups in total. The van der Waals surface area contributed by atoms with Gasteiger partial charge in [0.2, 0.25) is 5.91 Å². The smallest absolute Gasteiger partial charge is 0.243 e. The van der Waals surface area contributed by atoms with E-state index in [1.54, 1.807) is 36.3 Å². The molecule has 2 aromatic heterocycles. The molecule has 1 amide bonds. The fraction of sp³-hybridized carbons (Fsp3) is 0.438. The van der Waals surface area contributed by atoms with Crippen LogP contribution in [0.25, 0.3) is 0 Å². The molecule has 0 aliphatic rings. The molecular formula is C16H22N4O3S. The molecule has 0 saturated carbocycles. The van der Waals surface area contributed by atoms with Crippen LogP contribution in [0.2, 0.25) is 0 Å². The first-order valence-corrected chi connectivity index (χ1v) is 9.58. The lowest BCUT2D eigenvalue weighted by molar-refractivity contribution is -0.115. The van der Waals surface area contributed by atoms with E-state index in [9.17, 15) is 13.2 Å². The van der Waals surface area contributed by atoms with Crippen LogP contribution < -0.4 is 5.32 Å². The lowest BCUT2D eigenvalue weighted by Crippen LogP contribution is -2.34. The number of pyridine rings is 1. The number of carbonyl (C=O) groups excluding carboxylic acids is 1. The highest BCUT2D eigenvalue weighted by molar-refractivity contribution is 7.92. The molecule has 24 heavy (non-hydrogen) atoms. The van der Waals surface area contributed by atoms with E-state index in [2.05, 4.69) is 15.4 Å². The Morgan fingerprint density at radius 3 is 2.67 bits per heavy atom. The van der Waals surface area contributed by atoms with E-state index in [0.29, 0.717) is 18.8 Å². The van der Waals surface area contributed by atoms with Gasteiger partial charge in [-0.2, -0.15) is 5.10 Å². The van der Waals surface area contributed by atoms with Gasteiger partial charge in [0.05, 0.1) is 5.75 Å². The highest BCUT2D eigenvalue weighted by Crippen LogP contribution is 2.09. The number of aromatic nitrogens is 3. The van der Waals surface area contributed by atoms with Crippen molar-refractivity contribution < 1.29 is 13.2 Å². The summed E-state index contributed by atoms with van der Waals surface area (Å²) in [5, 5.41) is 5.73. The first kappa shape index (κ1) is 18.1. The van der Waals surface area contributed by atoms with Gasteiger partial charge in [0.25, 0.3) is 0 Å². The van der Waals surface area contributed by atoms with E-state index in [1.165, 1.54) is 6.92 Å². The molecule has 2 aromatic rings. The summed E-state index contributed by atoms with van der Waals surface area (Å²) < 4.78 is 25.6. The summed E-state index contributed by atoms with van der Waals surface area (Å²) in [6, 6.07) is 5.53. The van der Waals surface area contributed by atoms with Crippen LogP contribution in [0, 0.1) is 0 Å². The summed E-state index contributed by atoms with van der Waals surface area (Å²) >= 11 is 0. The number of aryl methyl sites for hydroxylation is 2. The zero-order valence-corrected chi connectivity index (χ0v) is 14.7. The zero-order chi connectivity index (χ0) is 17.6. The van der Waals surface area contributed by atoms with Crippen LogP contribution in [-0.4, -0.2) is 40.1 Å². The average Bonchev–Trinajstić information content (AvgIpc) is 3.00. The Morgan fingerprint density at radius 1 is 1.29 bits per heavy atom. The van der Waals surface area contributed by atoms with E-state index < -0.39 is 21.0 Å². The second kappa shape index (κ2) is 8.05. The van der Waals surface area contributed by atoms with Gasteiger partial charge in [0.15, 0.2) is 15.7 Å². The predicted molar refractivity (Wildman–Crippen MR) is 92.3 cm³/mol. The fourth-order valence-electron chi connectivity index (χ4n) is 2.20. The van der Waals surface area contributed by atoms with Crippen molar-refractivity contribution in [2.75, 3.05) is 11.1 Å². The number of amides is 1. The largest absolute Gasteiger partial charge is 0.308 e. The van der Waals surface area contributed by atoms with Crippen LogP contribution in [0.3, 0.4) is 0 Å². The Bertz CT molecular complexity index is 772. The van der Waals surface area contributed by atoms with Gasteiger partial charge in [-0.3, -0.25) is 14.5 Å². The normalized spacial score (nSPS) is 12.8. The highest BCUT2D eigenvalue weighted by Gasteiger charge is 2.27. The first-order chi connectivity index (χ1) is 11.4. The number of anilines is 1. The molecule has 8 heteroatoms. The van der Waals surface area contributed by atoms with Gasteiger partial charge < -0.3 is 5.32 Å². The molecule has 7 nitrogen and oxygen atoms in total. The zero-order valence-electron chi connectivity index (χ0n) is 13.8. The number of rotatable bonds is 8. The molecule has 0 radical (unpaired) electrons. The molecular weight excluding hydrogens is 328 g/mol. The summed E-state index contributed by atoms with van der Waals surface area (Å²) in [7, 11) is -3.42. The second-order valence-corrected chi connectivity index (χ2v) is 8.01. The van der Waals surface area contributed by atoms with Crippen LogP contribution >= 0.6 is 0 Å². The maximum Gasteiger partial charge on any atom is 0.243 e. The molecule has 0 aromatic carbocycles. The molecule has 0 saturated heterocycles. The van der Waals surface area contributed by atoms with Crippen molar-refractivity contribution in [1.29, 1.82) is 0 Å². The Morgan fingerprint density at radius 2 is 2.00 bits per heavy atom. The van der Waals surface area contributed by atoms with Crippen molar-refractivity contribution in [3.8, 4) is 0 Å². The van der Waals surface area contributed by atoms with E-state index in [0.717, 1.165) is 12.0 Å². The number of carbonyl (C=O) groups is 1. The minimum absolute atomic E-state index is 0.00194. The molecule has 2 rings (SSSR count). The van der Waals surface area contributed by atoms with Gasteiger partial charge in [-0.25, -0.2) is 8.42 Å². The van der Waals surface area contributed by atoms with E-state index >= 15 is 0 Å². The standard InChI is InChI=1S/C16H22N4O3S/c1-3-12-24(22,23)13(2)16(21)18-15-7-11-20(19-15)10-6-14-4-8-17-9-5-14/h4-5,7-9,11,13H,3,6,10,12H2,1-2H3,(H,18,19,21)/t13-/m1/s1. The highest BCUT2D eigenvalue weighted by atomic mass is 32.2. The van der Waals surface area contributed by atoms with Crippen LogP contribution in [0.4, 0.5) is 5.82 Å². The summed E-state index contributed by atoms with van der Waals surface area (Å²) in [6.07, 6.45) is 6.51. The van der Waals surface area contributed by atoms with Gasteiger partial charge in [-0.1, -0.05) is 6.92 Å². The van der Waals surface area contributed by atoms with Crippen molar-refractivity contribution in [1.82, 2.24) is 14.8 Å². The van der Waals surface area contributed by atoms with Crippen molar-refractivity contribution in [2.24, 2.45) is 0 Å². The molecule has 1 atom stereocenters. The number of nitrogens with zero attached hydrogens (tertiary/aromatic N) is 3. The van der Waals surface area contributed by atoms with Gasteiger partial charge in [-0.15, -0.1) is 0 Å². The minimum Gasteiger partial charge on any atom is -0.308 e. The number of sulfone groups is 1. The predicted octanol–water partition coefficient (Wildman–Crippen LogP) is 1.67. The van der Waals surface area contributed by atoms with Gasteiger partial charge >= 0.3 is 0 Å². The fourth-order valence-corrected chi connectivity index (χ4v) is 3.51. The third-order valence-electron chi connectivity index (χ3n) is 3.67. The third kappa shape index (κ3) is 4.89. The molecule has 0 aliphatic heterocycles. The molecule has 130 valence electrons. The van der Waals surface area contributed by atoms with Crippen molar-refractivity contribution in [2.45, 2.75) is 38.5 Å². The maximum atomic E-state index is 12.1. The minimum atomic E-state index is -3.42. The second-order valence-electron chi connectivity index (χ2n) is 5.57. The molecule has 0 spiro atoms. The molecule has 0 bridgehead atoms. The number of nitrogens with one attached hydrogen (secondary N) is 1. The first-order valence-electron chi connectivity index (χ1n) is 7.87.